The van der Waals surface area contributed by atoms with Crippen molar-refractivity contribution in [2.45, 2.75) is 71.1 Å². The molecule has 1 heterocycles. The summed E-state index contributed by atoms with van der Waals surface area (Å²) >= 11 is 0. The van der Waals surface area contributed by atoms with E-state index in [4.69, 9.17) is 0 Å². The fourth-order valence-corrected chi connectivity index (χ4v) is 2.45. The van der Waals surface area contributed by atoms with Gasteiger partial charge in [-0.25, -0.2) is 0 Å². The molecular formula is C15H31N2+. The van der Waals surface area contributed by atoms with E-state index in [1.807, 2.05) is 0 Å². The van der Waals surface area contributed by atoms with Crippen LogP contribution in [0.1, 0.15) is 71.1 Å². The molecule has 1 aliphatic rings. The summed E-state index contributed by atoms with van der Waals surface area (Å²) in [7, 11) is 0. The van der Waals surface area contributed by atoms with Crippen LogP contribution >= 0.6 is 0 Å². The zero-order chi connectivity index (χ0) is 12.2. The van der Waals surface area contributed by atoms with Gasteiger partial charge in [0.1, 0.15) is 13.1 Å². The van der Waals surface area contributed by atoms with Crippen molar-refractivity contribution in [2.24, 2.45) is 0 Å². The van der Waals surface area contributed by atoms with E-state index >= 15 is 0 Å². The molecule has 1 rings (SSSR count). The first kappa shape index (κ1) is 14.5. The van der Waals surface area contributed by atoms with Crippen LogP contribution in [0.5, 0.6) is 0 Å². The maximum Gasteiger partial charge on any atom is 0.232 e. The maximum absolute atomic E-state index is 3.26. The second-order valence-corrected chi connectivity index (χ2v) is 5.30. The third-order valence-corrected chi connectivity index (χ3v) is 3.62. The van der Waals surface area contributed by atoms with Crippen molar-refractivity contribution < 1.29 is 4.58 Å². The van der Waals surface area contributed by atoms with Crippen LogP contribution in [0.4, 0.5) is 0 Å². The number of nitrogens with zero attached hydrogens (tertiary/aromatic N) is 1. The first-order chi connectivity index (χ1) is 8.43. The summed E-state index contributed by atoms with van der Waals surface area (Å²) < 4.78 is 2.41. The zero-order valence-electron chi connectivity index (χ0n) is 11.7. The molecule has 2 nitrogen and oxygen atoms in total. The molecule has 0 atom stereocenters. The summed E-state index contributed by atoms with van der Waals surface area (Å²) in [6.07, 6.45) is 16.5. The first-order valence-electron chi connectivity index (χ1n) is 7.74. The molecule has 100 valence electrons. The Morgan fingerprint density at radius 2 is 1.47 bits per heavy atom. The van der Waals surface area contributed by atoms with E-state index < -0.39 is 0 Å². The van der Waals surface area contributed by atoms with Gasteiger partial charge >= 0.3 is 0 Å². The van der Waals surface area contributed by atoms with Gasteiger partial charge in [-0.05, 0) is 12.8 Å². The van der Waals surface area contributed by atoms with Gasteiger partial charge in [0.2, 0.25) is 6.34 Å². The minimum absolute atomic E-state index is 1.14. The number of rotatable bonds is 11. The molecule has 0 radical (unpaired) electrons. The van der Waals surface area contributed by atoms with Gasteiger partial charge in [0.25, 0.3) is 0 Å². The van der Waals surface area contributed by atoms with Crippen LogP contribution in [0.15, 0.2) is 0 Å². The van der Waals surface area contributed by atoms with Crippen LogP contribution < -0.4 is 5.32 Å². The zero-order valence-corrected chi connectivity index (χ0v) is 11.7. The third-order valence-electron chi connectivity index (χ3n) is 3.62. The van der Waals surface area contributed by atoms with E-state index in [9.17, 15) is 0 Å². The fraction of sp³-hybridized carbons (Fsp3) is 0.933. The fourth-order valence-electron chi connectivity index (χ4n) is 2.45. The topological polar surface area (TPSA) is 15.0 Å². The van der Waals surface area contributed by atoms with Crippen molar-refractivity contribution in [1.29, 1.82) is 0 Å². The Kier molecular flexibility index (Phi) is 9.07. The smallest absolute Gasteiger partial charge is 0.232 e. The minimum atomic E-state index is 1.14. The van der Waals surface area contributed by atoms with Crippen molar-refractivity contribution in [2.75, 3.05) is 19.6 Å². The lowest BCUT2D eigenvalue weighted by Crippen LogP contribution is -2.11. The second-order valence-electron chi connectivity index (χ2n) is 5.30. The van der Waals surface area contributed by atoms with E-state index in [1.165, 1.54) is 77.3 Å². The van der Waals surface area contributed by atoms with Gasteiger partial charge < -0.3 is 0 Å². The number of unbranched alkanes of at least 4 members (excludes halogenated alkanes) is 9. The van der Waals surface area contributed by atoms with Crippen LogP contribution in [0.25, 0.3) is 0 Å². The molecule has 0 spiro atoms. The predicted molar refractivity (Wildman–Crippen MR) is 75.9 cm³/mol. The quantitative estimate of drug-likeness (QED) is 0.430. The summed E-state index contributed by atoms with van der Waals surface area (Å²) in [6.45, 7) is 5.88. The first-order valence-corrected chi connectivity index (χ1v) is 7.74. The van der Waals surface area contributed by atoms with Gasteiger partial charge in [-0.2, -0.15) is 0 Å². The van der Waals surface area contributed by atoms with Crippen LogP contribution in [0, 0.1) is 0 Å². The summed E-state index contributed by atoms with van der Waals surface area (Å²) in [5.74, 6) is 0. The molecule has 0 fully saturated rings. The second kappa shape index (κ2) is 10.6. The summed E-state index contributed by atoms with van der Waals surface area (Å²) in [5.41, 5.74) is 0. The van der Waals surface area contributed by atoms with Crippen LogP contribution in [-0.2, 0) is 0 Å². The molecule has 0 aliphatic carbocycles. The van der Waals surface area contributed by atoms with Crippen LogP contribution in [0.2, 0.25) is 0 Å². The van der Waals surface area contributed by atoms with Gasteiger partial charge in [0.05, 0.1) is 6.54 Å². The van der Waals surface area contributed by atoms with Crippen molar-refractivity contribution >= 4 is 6.34 Å². The van der Waals surface area contributed by atoms with E-state index in [0.29, 0.717) is 0 Å². The highest BCUT2D eigenvalue weighted by Gasteiger charge is 2.06. The van der Waals surface area contributed by atoms with Gasteiger partial charge in [-0.15, -0.1) is 0 Å². The average Bonchev–Trinajstić information content (AvgIpc) is 2.85. The number of hydrogen-bond donors (Lipinski definition) is 1. The monoisotopic (exact) mass is 239 g/mol. The molecule has 0 aromatic carbocycles. The van der Waals surface area contributed by atoms with E-state index in [1.54, 1.807) is 0 Å². The summed E-state index contributed by atoms with van der Waals surface area (Å²) in [6, 6.07) is 0. The summed E-state index contributed by atoms with van der Waals surface area (Å²) in [5, 5.41) is 3.26. The van der Waals surface area contributed by atoms with E-state index in [2.05, 4.69) is 23.2 Å². The Morgan fingerprint density at radius 1 is 0.882 bits per heavy atom. The molecule has 1 N–H and O–H groups in total. The maximum atomic E-state index is 3.26. The van der Waals surface area contributed by atoms with Crippen LogP contribution in [-0.4, -0.2) is 30.5 Å². The molecule has 0 bridgehead atoms. The van der Waals surface area contributed by atoms with Crippen molar-refractivity contribution in [3.05, 3.63) is 0 Å². The van der Waals surface area contributed by atoms with Gasteiger partial charge in [-0.3, -0.25) is 9.89 Å². The lowest BCUT2D eigenvalue weighted by molar-refractivity contribution is -0.514. The lowest BCUT2D eigenvalue weighted by Gasteiger charge is -2.02. The number of hydrogen-bond acceptors (Lipinski definition) is 1. The highest BCUT2D eigenvalue weighted by Crippen LogP contribution is 2.10. The van der Waals surface area contributed by atoms with Gasteiger partial charge in [0, 0.05) is 0 Å². The molecule has 0 saturated heterocycles. The number of nitrogens with one attached hydrogen (secondary N) is 1. The third kappa shape index (κ3) is 8.23. The molecule has 0 aromatic rings. The standard InChI is InChI=1S/C15H30N2/c1-2-3-4-5-6-7-8-9-10-11-13-17-14-12-16-15-17/h15H,2-14H2,1H3/p+1. The Balaban J connectivity index is 1.72. The normalized spacial score (nSPS) is 14.8. The molecular weight excluding hydrogens is 208 g/mol. The Labute approximate surface area is 107 Å². The largest absolute Gasteiger partial charge is 0.277 e. The minimum Gasteiger partial charge on any atom is -0.277 e. The molecule has 0 aromatic heterocycles. The molecule has 17 heavy (non-hydrogen) atoms. The van der Waals surface area contributed by atoms with Crippen LogP contribution in [0.3, 0.4) is 0 Å². The molecule has 2 heteroatoms. The molecule has 1 aliphatic heterocycles. The molecule has 0 saturated carbocycles. The predicted octanol–water partition coefficient (Wildman–Crippen LogP) is 3.55. The Bertz CT molecular complexity index is 199. The average molecular weight is 239 g/mol. The molecule has 0 amide bonds. The van der Waals surface area contributed by atoms with E-state index in [0.717, 1.165) is 6.54 Å². The van der Waals surface area contributed by atoms with Crippen molar-refractivity contribution in [1.82, 2.24) is 5.32 Å². The van der Waals surface area contributed by atoms with E-state index in [-0.39, 0.29) is 0 Å². The highest BCUT2D eigenvalue weighted by molar-refractivity contribution is 5.49. The van der Waals surface area contributed by atoms with Gasteiger partial charge in [-0.1, -0.05) is 58.3 Å². The van der Waals surface area contributed by atoms with Gasteiger partial charge in [0.15, 0.2) is 0 Å². The van der Waals surface area contributed by atoms with Crippen molar-refractivity contribution in [3.8, 4) is 0 Å². The highest BCUT2D eigenvalue weighted by atomic mass is 15.1. The van der Waals surface area contributed by atoms with Crippen molar-refractivity contribution in [3.63, 3.8) is 0 Å². The summed E-state index contributed by atoms with van der Waals surface area (Å²) in [4.78, 5) is 0. The SMILES string of the molecule is CCCCCCCCCCCC[N+]1=CNCC1. The Hall–Kier alpha value is -0.530. The lowest BCUT2D eigenvalue weighted by atomic mass is 10.1. The molecule has 0 unspecified atom stereocenters. The Morgan fingerprint density at radius 3 is 2.00 bits per heavy atom.